The fourth-order valence-electron chi connectivity index (χ4n) is 3.16. The molecule has 0 amide bonds. The second-order valence-corrected chi connectivity index (χ2v) is 6.14. The zero-order valence-electron chi connectivity index (χ0n) is 12.5. The number of ether oxygens (including phenoxy) is 1. The number of hydrogen-bond acceptors (Lipinski definition) is 4. The van der Waals surface area contributed by atoms with Crippen molar-refractivity contribution in [2.45, 2.75) is 51.2 Å². The summed E-state index contributed by atoms with van der Waals surface area (Å²) >= 11 is 0. The summed E-state index contributed by atoms with van der Waals surface area (Å²) in [7, 11) is 0. The normalized spacial score (nSPS) is 30.0. The fraction of sp³-hybridized carbons (Fsp3) is 1.00. The number of rotatable bonds is 7. The van der Waals surface area contributed by atoms with Crippen LogP contribution in [0.15, 0.2) is 0 Å². The van der Waals surface area contributed by atoms with Gasteiger partial charge < -0.3 is 15.4 Å². The number of piperazine rings is 1. The maximum atomic E-state index is 5.92. The van der Waals surface area contributed by atoms with Gasteiger partial charge in [-0.1, -0.05) is 6.42 Å². The third kappa shape index (κ3) is 5.38. The Balaban J connectivity index is 1.55. The molecule has 0 aromatic heterocycles. The van der Waals surface area contributed by atoms with Gasteiger partial charge in [-0.25, -0.2) is 0 Å². The highest BCUT2D eigenvalue weighted by Crippen LogP contribution is 2.20. The summed E-state index contributed by atoms with van der Waals surface area (Å²) in [6.07, 6.45) is 7.23. The van der Waals surface area contributed by atoms with Crippen LogP contribution in [0, 0.1) is 0 Å². The molecule has 4 nitrogen and oxygen atoms in total. The van der Waals surface area contributed by atoms with Gasteiger partial charge in [-0.2, -0.15) is 0 Å². The van der Waals surface area contributed by atoms with Crippen LogP contribution < -0.4 is 5.73 Å². The zero-order valence-corrected chi connectivity index (χ0v) is 12.5. The van der Waals surface area contributed by atoms with E-state index in [1.807, 2.05) is 0 Å². The molecular formula is C15H31N3O. The molecule has 0 saturated carbocycles. The Morgan fingerprint density at radius 2 is 1.74 bits per heavy atom. The van der Waals surface area contributed by atoms with Crippen molar-refractivity contribution in [1.82, 2.24) is 9.80 Å². The van der Waals surface area contributed by atoms with Crippen LogP contribution in [0.1, 0.15) is 39.0 Å². The zero-order chi connectivity index (χ0) is 13.5. The molecule has 0 aliphatic carbocycles. The molecule has 2 N–H and O–H groups in total. The molecule has 2 rings (SSSR count). The first-order valence-electron chi connectivity index (χ1n) is 8.08. The van der Waals surface area contributed by atoms with E-state index in [0.717, 1.165) is 13.1 Å². The van der Waals surface area contributed by atoms with Gasteiger partial charge in [-0.05, 0) is 45.7 Å². The van der Waals surface area contributed by atoms with E-state index in [1.54, 1.807) is 0 Å². The molecule has 2 atom stereocenters. The Labute approximate surface area is 118 Å². The molecule has 0 spiro atoms. The molecule has 2 saturated heterocycles. The molecule has 2 aliphatic rings. The smallest absolute Gasteiger partial charge is 0.0706 e. The molecule has 112 valence electrons. The van der Waals surface area contributed by atoms with Gasteiger partial charge in [0.1, 0.15) is 0 Å². The third-order valence-electron chi connectivity index (χ3n) is 4.43. The van der Waals surface area contributed by atoms with Gasteiger partial charge in [0.25, 0.3) is 0 Å². The minimum atomic E-state index is 0.480. The van der Waals surface area contributed by atoms with Crippen molar-refractivity contribution in [2.75, 3.05) is 45.8 Å². The molecule has 2 heterocycles. The van der Waals surface area contributed by atoms with E-state index < -0.39 is 0 Å². The van der Waals surface area contributed by atoms with Crippen LogP contribution in [0.4, 0.5) is 0 Å². The highest BCUT2D eigenvalue weighted by atomic mass is 16.5. The number of unbranched alkanes of at least 4 members (excludes halogenated alkanes) is 2. The van der Waals surface area contributed by atoms with E-state index in [4.69, 9.17) is 10.5 Å². The summed E-state index contributed by atoms with van der Waals surface area (Å²) in [5.74, 6) is 0. The van der Waals surface area contributed by atoms with Gasteiger partial charge in [0.05, 0.1) is 12.2 Å². The van der Waals surface area contributed by atoms with Gasteiger partial charge in [0.2, 0.25) is 0 Å². The van der Waals surface area contributed by atoms with E-state index >= 15 is 0 Å². The lowest BCUT2D eigenvalue weighted by Crippen LogP contribution is -2.48. The van der Waals surface area contributed by atoms with Crippen molar-refractivity contribution in [3.63, 3.8) is 0 Å². The largest absolute Gasteiger partial charge is 0.374 e. The van der Waals surface area contributed by atoms with Crippen LogP contribution >= 0.6 is 0 Å². The highest BCUT2D eigenvalue weighted by molar-refractivity contribution is 4.78. The lowest BCUT2D eigenvalue weighted by atomic mass is 10.2. The predicted molar refractivity (Wildman–Crippen MR) is 79.4 cm³/mol. The van der Waals surface area contributed by atoms with Crippen molar-refractivity contribution in [1.29, 1.82) is 0 Å². The molecule has 2 fully saturated rings. The average Bonchev–Trinajstić information content (AvgIpc) is 2.82. The molecule has 0 radical (unpaired) electrons. The van der Waals surface area contributed by atoms with Crippen molar-refractivity contribution < 1.29 is 4.74 Å². The minimum absolute atomic E-state index is 0.480. The van der Waals surface area contributed by atoms with Gasteiger partial charge in [0.15, 0.2) is 0 Å². The SMILES string of the molecule is CC1CCC(CN2CCN(CCCCCN)CC2)O1. The minimum Gasteiger partial charge on any atom is -0.374 e. The third-order valence-corrected chi connectivity index (χ3v) is 4.43. The van der Waals surface area contributed by atoms with Crippen molar-refractivity contribution in [3.05, 3.63) is 0 Å². The lowest BCUT2D eigenvalue weighted by molar-refractivity contribution is 0.0191. The van der Waals surface area contributed by atoms with Crippen LogP contribution in [-0.4, -0.2) is 67.8 Å². The Kier molecular flexibility index (Phi) is 6.57. The predicted octanol–water partition coefficient (Wildman–Crippen LogP) is 1.30. The first-order chi connectivity index (χ1) is 9.28. The van der Waals surface area contributed by atoms with Crippen molar-refractivity contribution in [3.8, 4) is 0 Å². The van der Waals surface area contributed by atoms with E-state index in [-0.39, 0.29) is 0 Å². The molecular weight excluding hydrogens is 238 g/mol. The molecule has 0 aromatic carbocycles. The van der Waals surface area contributed by atoms with Crippen LogP contribution in [0.3, 0.4) is 0 Å². The Morgan fingerprint density at radius 3 is 2.37 bits per heavy atom. The second kappa shape index (κ2) is 8.20. The lowest BCUT2D eigenvalue weighted by Gasteiger charge is -2.35. The van der Waals surface area contributed by atoms with Crippen LogP contribution in [0.2, 0.25) is 0 Å². The monoisotopic (exact) mass is 269 g/mol. The topological polar surface area (TPSA) is 41.7 Å². The Hall–Kier alpha value is -0.160. The molecule has 2 unspecified atom stereocenters. The summed E-state index contributed by atoms with van der Waals surface area (Å²) < 4.78 is 5.92. The summed E-state index contributed by atoms with van der Waals surface area (Å²) in [4.78, 5) is 5.18. The summed E-state index contributed by atoms with van der Waals surface area (Å²) in [5.41, 5.74) is 5.52. The summed E-state index contributed by atoms with van der Waals surface area (Å²) in [6.45, 7) is 10.3. The Morgan fingerprint density at radius 1 is 1.00 bits per heavy atom. The van der Waals surface area contributed by atoms with Crippen molar-refractivity contribution >= 4 is 0 Å². The second-order valence-electron chi connectivity index (χ2n) is 6.14. The molecule has 4 heteroatoms. The van der Waals surface area contributed by atoms with Crippen LogP contribution in [-0.2, 0) is 4.74 Å². The van der Waals surface area contributed by atoms with E-state index in [2.05, 4.69) is 16.7 Å². The van der Waals surface area contributed by atoms with Gasteiger partial charge in [-0.3, -0.25) is 4.90 Å². The van der Waals surface area contributed by atoms with E-state index in [0.29, 0.717) is 12.2 Å². The first-order valence-corrected chi connectivity index (χ1v) is 8.08. The molecule has 0 aromatic rings. The Bertz CT molecular complexity index is 242. The molecule has 0 bridgehead atoms. The molecule has 19 heavy (non-hydrogen) atoms. The maximum absolute atomic E-state index is 5.92. The summed E-state index contributed by atoms with van der Waals surface area (Å²) in [6, 6.07) is 0. The van der Waals surface area contributed by atoms with Gasteiger partial charge in [0, 0.05) is 32.7 Å². The maximum Gasteiger partial charge on any atom is 0.0706 e. The van der Waals surface area contributed by atoms with Crippen LogP contribution in [0.5, 0.6) is 0 Å². The quantitative estimate of drug-likeness (QED) is 0.707. The van der Waals surface area contributed by atoms with Crippen molar-refractivity contribution in [2.24, 2.45) is 5.73 Å². The number of nitrogens with zero attached hydrogens (tertiary/aromatic N) is 2. The van der Waals surface area contributed by atoms with E-state index in [1.165, 1.54) is 64.8 Å². The van der Waals surface area contributed by atoms with Gasteiger partial charge >= 0.3 is 0 Å². The number of nitrogens with two attached hydrogens (primary N) is 1. The van der Waals surface area contributed by atoms with Crippen LogP contribution in [0.25, 0.3) is 0 Å². The van der Waals surface area contributed by atoms with Gasteiger partial charge in [-0.15, -0.1) is 0 Å². The molecule has 2 aliphatic heterocycles. The fourth-order valence-corrected chi connectivity index (χ4v) is 3.16. The van der Waals surface area contributed by atoms with E-state index in [9.17, 15) is 0 Å². The summed E-state index contributed by atoms with van der Waals surface area (Å²) in [5, 5.41) is 0. The first kappa shape index (κ1) is 15.2. The average molecular weight is 269 g/mol. The number of hydrogen-bond donors (Lipinski definition) is 1. The standard InChI is InChI=1S/C15H31N3O/c1-14-5-6-15(19-14)13-18-11-9-17(10-12-18)8-4-2-3-7-16/h14-15H,2-13,16H2,1H3. The highest BCUT2D eigenvalue weighted by Gasteiger charge is 2.25.